The Hall–Kier alpha value is -2.36. The number of carbonyl (C=O) groups is 2. The summed E-state index contributed by atoms with van der Waals surface area (Å²) in [4.78, 5) is 28.8. The molecule has 2 saturated heterocycles. The molecule has 0 radical (unpaired) electrons. The second kappa shape index (κ2) is 10.3. The summed E-state index contributed by atoms with van der Waals surface area (Å²) in [6.07, 6.45) is -1.14. The number of aliphatic hydroxyl groups excluding tert-OH is 1. The van der Waals surface area contributed by atoms with Gasteiger partial charge in [0.25, 0.3) is 0 Å². The van der Waals surface area contributed by atoms with Gasteiger partial charge in [0.15, 0.2) is 0 Å². The molecular weight excluding hydrogens is 484 g/mol. The average Bonchev–Trinajstić information content (AvgIpc) is 3.43. The van der Waals surface area contributed by atoms with E-state index < -0.39 is 29.9 Å². The van der Waals surface area contributed by atoms with Gasteiger partial charge in [-0.05, 0) is 49.4 Å². The predicted octanol–water partition coefficient (Wildman–Crippen LogP) is 4.22. The topological polar surface area (TPSA) is 79.3 Å². The first-order valence-electron chi connectivity index (χ1n) is 11.5. The highest BCUT2D eigenvalue weighted by atomic mass is 32.1. The zero-order chi connectivity index (χ0) is 23.3. The number of rotatable bonds is 2. The van der Waals surface area contributed by atoms with Crippen molar-refractivity contribution in [3.8, 4) is 11.1 Å². The highest BCUT2D eigenvalue weighted by Gasteiger charge is 2.52. The van der Waals surface area contributed by atoms with Crippen molar-refractivity contribution >= 4 is 39.2 Å². The van der Waals surface area contributed by atoms with Gasteiger partial charge in [-0.2, -0.15) is 27.0 Å². The van der Waals surface area contributed by atoms with Gasteiger partial charge in [0.2, 0.25) is 0 Å². The Morgan fingerprint density at radius 1 is 0.943 bits per heavy atom. The summed E-state index contributed by atoms with van der Waals surface area (Å²) < 4.78 is 11.3. The molecule has 0 spiro atoms. The van der Waals surface area contributed by atoms with Gasteiger partial charge in [-0.25, -0.2) is 9.59 Å². The Kier molecular flexibility index (Phi) is 8.03. The number of hydrogen-bond donors (Lipinski definition) is 1. The number of hydrogen-bond acceptors (Lipinski definition) is 5. The molecule has 2 amide bonds. The van der Waals surface area contributed by atoms with E-state index in [1.165, 1.54) is 11.1 Å². The van der Waals surface area contributed by atoms with E-state index in [-0.39, 0.29) is 52.1 Å². The third-order valence-corrected chi connectivity index (χ3v) is 6.80. The summed E-state index contributed by atoms with van der Waals surface area (Å²) in [5.74, 6) is -0.0217. The fourth-order valence-corrected chi connectivity index (χ4v) is 5.47. The molecule has 2 aromatic rings. The number of benzene rings is 2. The number of nitrogens with zero attached hydrogens (tertiary/aromatic N) is 2. The molecule has 7 nitrogen and oxygen atoms in total. The maximum Gasteiger partial charge on any atom is 0.410 e. The minimum atomic E-state index is -0.828. The molecule has 0 unspecified atom stereocenters. The van der Waals surface area contributed by atoms with Crippen LogP contribution in [0.25, 0.3) is 11.1 Å². The van der Waals surface area contributed by atoms with Gasteiger partial charge in [0.1, 0.15) is 12.2 Å². The maximum absolute atomic E-state index is 13.1. The molecule has 1 N–H and O–H groups in total. The van der Waals surface area contributed by atoms with Crippen molar-refractivity contribution in [3.63, 3.8) is 0 Å². The van der Waals surface area contributed by atoms with E-state index >= 15 is 0 Å². The van der Waals surface area contributed by atoms with E-state index in [1.54, 1.807) is 9.80 Å². The highest BCUT2D eigenvalue weighted by Crippen LogP contribution is 2.44. The molecule has 3 atom stereocenters. The van der Waals surface area contributed by atoms with Crippen molar-refractivity contribution in [3.05, 3.63) is 59.7 Å². The number of carbonyl (C=O) groups excluding carboxylic acids is 2. The molecule has 0 bridgehead atoms. The number of likely N-dealkylation sites (tertiary alicyclic amines) is 2. The van der Waals surface area contributed by atoms with E-state index in [1.807, 2.05) is 45.0 Å². The molecule has 2 aromatic carbocycles. The van der Waals surface area contributed by atoms with Crippen LogP contribution in [0.2, 0.25) is 0 Å². The monoisotopic (exact) mass is 518 g/mol. The van der Waals surface area contributed by atoms with Crippen LogP contribution in [0.5, 0.6) is 0 Å². The van der Waals surface area contributed by atoms with Gasteiger partial charge in [-0.3, -0.25) is 0 Å². The Balaban J connectivity index is 0.00000171. The summed E-state index contributed by atoms with van der Waals surface area (Å²) in [5, 5.41) is 10.7. The van der Waals surface area contributed by atoms with Crippen LogP contribution in [0.1, 0.15) is 44.2 Å². The molecule has 0 aromatic heterocycles. The normalized spacial score (nSPS) is 22.5. The first-order chi connectivity index (χ1) is 15.7. The van der Waals surface area contributed by atoms with Crippen LogP contribution in [0.15, 0.2) is 48.5 Å². The highest BCUT2D eigenvalue weighted by molar-refractivity contribution is 7.59. The molecule has 2 fully saturated rings. The summed E-state index contributed by atoms with van der Waals surface area (Å²) in [7, 11) is 0. The van der Waals surface area contributed by atoms with Crippen molar-refractivity contribution in [2.24, 2.45) is 0 Å². The van der Waals surface area contributed by atoms with E-state index in [2.05, 4.69) is 24.3 Å². The first-order valence-corrected chi connectivity index (χ1v) is 11.5. The SMILES string of the molecule is CC(C)(C)OC(=O)N1C[C@H](O)[C@@H]2[C@H]1CCN2C(=O)OCC1c2ccccc2-c2ccccc21.S.S. The van der Waals surface area contributed by atoms with Crippen LogP contribution in [-0.2, 0) is 9.47 Å². The summed E-state index contributed by atoms with van der Waals surface area (Å²) in [6, 6.07) is 15.7. The van der Waals surface area contributed by atoms with Crippen LogP contribution in [-0.4, -0.2) is 70.6 Å². The lowest BCUT2D eigenvalue weighted by molar-refractivity contribution is 0.0209. The van der Waals surface area contributed by atoms with Crippen LogP contribution < -0.4 is 0 Å². The van der Waals surface area contributed by atoms with Gasteiger partial charge in [-0.15, -0.1) is 0 Å². The molecule has 1 aliphatic carbocycles. The van der Waals surface area contributed by atoms with Crippen LogP contribution >= 0.6 is 27.0 Å². The lowest BCUT2D eigenvalue weighted by Gasteiger charge is -2.28. The Bertz CT molecular complexity index is 1040. The van der Waals surface area contributed by atoms with Gasteiger partial charge in [-0.1, -0.05) is 48.5 Å². The minimum absolute atomic E-state index is 0. The molecule has 9 heteroatoms. The molecule has 5 rings (SSSR count). The molecular formula is C26H34N2O5S2. The lowest BCUT2D eigenvalue weighted by Crippen LogP contribution is -2.45. The second-order valence-corrected chi connectivity index (χ2v) is 10.0. The van der Waals surface area contributed by atoms with E-state index in [0.29, 0.717) is 13.0 Å². The van der Waals surface area contributed by atoms with Crippen molar-refractivity contribution in [2.75, 3.05) is 19.7 Å². The largest absolute Gasteiger partial charge is 0.448 e. The fourth-order valence-electron chi connectivity index (χ4n) is 5.47. The van der Waals surface area contributed by atoms with Crippen molar-refractivity contribution in [1.29, 1.82) is 0 Å². The third kappa shape index (κ3) is 4.99. The number of fused-ring (bicyclic) bond motifs is 4. The van der Waals surface area contributed by atoms with Crippen molar-refractivity contribution < 1.29 is 24.2 Å². The van der Waals surface area contributed by atoms with E-state index in [9.17, 15) is 14.7 Å². The van der Waals surface area contributed by atoms with Crippen LogP contribution in [0, 0.1) is 0 Å². The Labute approximate surface area is 220 Å². The quantitative estimate of drug-likeness (QED) is 0.644. The van der Waals surface area contributed by atoms with Gasteiger partial charge in [0.05, 0.1) is 24.7 Å². The summed E-state index contributed by atoms with van der Waals surface area (Å²) in [5.41, 5.74) is 4.04. The molecule has 35 heavy (non-hydrogen) atoms. The Morgan fingerprint density at radius 3 is 2.09 bits per heavy atom. The van der Waals surface area contributed by atoms with Crippen LogP contribution in [0.4, 0.5) is 9.59 Å². The zero-order valence-corrected chi connectivity index (χ0v) is 22.2. The zero-order valence-electron chi connectivity index (χ0n) is 20.2. The molecule has 2 heterocycles. The van der Waals surface area contributed by atoms with Gasteiger partial charge < -0.3 is 24.4 Å². The van der Waals surface area contributed by atoms with Gasteiger partial charge >= 0.3 is 12.2 Å². The Morgan fingerprint density at radius 2 is 1.51 bits per heavy atom. The first kappa shape index (κ1) is 27.2. The molecule has 0 saturated carbocycles. The lowest BCUT2D eigenvalue weighted by atomic mass is 9.98. The molecule has 3 aliphatic rings. The molecule has 190 valence electrons. The number of aliphatic hydroxyl groups is 1. The standard InChI is InChI=1S/C26H30N2O5.2H2S/c1-26(2,3)33-25(31)28-14-22(29)23-21(28)12-13-27(23)24(30)32-15-20-18-10-6-4-8-16(18)17-9-5-7-11-19(17)20;;/h4-11,20-23,29H,12-15H2,1-3H3;2*1H2/t21-,22+,23+;;/m1../s1. The van der Waals surface area contributed by atoms with E-state index in [4.69, 9.17) is 9.47 Å². The minimum Gasteiger partial charge on any atom is -0.448 e. The predicted molar refractivity (Wildman–Crippen MR) is 144 cm³/mol. The summed E-state index contributed by atoms with van der Waals surface area (Å²) in [6.45, 7) is 6.25. The molecule has 2 aliphatic heterocycles. The van der Waals surface area contributed by atoms with Crippen molar-refractivity contribution in [1.82, 2.24) is 9.80 Å². The smallest absolute Gasteiger partial charge is 0.410 e. The number of ether oxygens (including phenoxy) is 2. The fraction of sp³-hybridized carbons (Fsp3) is 0.462. The number of β-amino-alcohol motifs (C(OH)–C–C–N with tert-alkyl or cyclic N) is 1. The number of amides is 2. The van der Waals surface area contributed by atoms with Crippen molar-refractivity contribution in [2.45, 2.75) is 56.9 Å². The second-order valence-electron chi connectivity index (χ2n) is 10.0. The summed E-state index contributed by atoms with van der Waals surface area (Å²) >= 11 is 0. The maximum atomic E-state index is 13.1. The third-order valence-electron chi connectivity index (χ3n) is 6.80. The average molecular weight is 519 g/mol. The van der Waals surface area contributed by atoms with Gasteiger partial charge in [0, 0.05) is 12.5 Å². The van der Waals surface area contributed by atoms with Crippen LogP contribution in [0.3, 0.4) is 0 Å². The van der Waals surface area contributed by atoms with E-state index in [0.717, 1.165) is 11.1 Å².